The molecule has 0 aromatic rings. The van der Waals surface area contributed by atoms with Crippen molar-refractivity contribution in [2.45, 2.75) is 51.5 Å². The van der Waals surface area contributed by atoms with E-state index in [1.54, 1.807) is 0 Å². The van der Waals surface area contributed by atoms with Crippen LogP contribution >= 0.6 is 0 Å². The van der Waals surface area contributed by atoms with Gasteiger partial charge in [-0.3, -0.25) is 4.79 Å². The first-order valence-corrected chi connectivity index (χ1v) is 5.81. The summed E-state index contributed by atoms with van der Waals surface area (Å²) < 4.78 is 0. The smallest absolute Gasteiger partial charge is 0.157 e. The zero-order chi connectivity index (χ0) is 9.97. The van der Waals surface area contributed by atoms with Gasteiger partial charge in [-0.15, -0.1) is 0 Å². The number of carbonyl (C=O) groups is 1. The maximum Gasteiger partial charge on any atom is 0.157 e. The monoisotopic (exact) mass is 193 g/mol. The third-order valence-electron chi connectivity index (χ3n) is 3.43. The van der Waals surface area contributed by atoms with Crippen molar-refractivity contribution < 1.29 is 4.79 Å². The lowest BCUT2D eigenvalue weighted by Crippen LogP contribution is -2.31. The normalized spacial score (nSPS) is 22.9. The molecule has 0 N–H and O–H groups in total. The lowest BCUT2D eigenvalue weighted by molar-refractivity contribution is -0.114. The van der Waals surface area contributed by atoms with Crippen LogP contribution in [-0.4, -0.2) is 23.3 Å². The molecule has 2 nitrogen and oxygen atoms in total. The standard InChI is InChI=1S/C12H19NO/c1-2-13(10-5-3-4-6-10)11-7-8-12(14)9-11/h9-10H,2-8H2,1H3. The summed E-state index contributed by atoms with van der Waals surface area (Å²) in [6.07, 6.45) is 8.94. The van der Waals surface area contributed by atoms with Crippen LogP contribution in [0, 0.1) is 0 Å². The van der Waals surface area contributed by atoms with E-state index in [-0.39, 0.29) is 0 Å². The Balaban J connectivity index is 2.05. The van der Waals surface area contributed by atoms with Gasteiger partial charge in [0.05, 0.1) is 0 Å². The van der Waals surface area contributed by atoms with E-state index >= 15 is 0 Å². The molecule has 0 aliphatic heterocycles. The molecule has 2 rings (SSSR count). The SMILES string of the molecule is CCN(C1=CC(=O)CC1)C1CCCC1. The first-order valence-electron chi connectivity index (χ1n) is 5.81. The molecule has 0 aromatic carbocycles. The molecule has 0 bridgehead atoms. The lowest BCUT2D eigenvalue weighted by Gasteiger charge is -2.30. The summed E-state index contributed by atoms with van der Waals surface area (Å²) in [6.45, 7) is 3.26. The fourth-order valence-electron chi connectivity index (χ4n) is 2.72. The summed E-state index contributed by atoms with van der Waals surface area (Å²) in [5.74, 6) is 0.316. The molecular formula is C12H19NO. The Morgan fingerprint density at radius 3 is 2.57 bits per heavy atom. The largest absolute Gasteiger partial charge is 0.372 e. The minimum absolute atomic E-state index is 0.316. The van der Waals surface area contributed by atoms with Crippen molar-refractivity contribution in [1.29, 1.82) is 0 Å². The molecule has 78 valence electrons. The molecule has 1 fully saturated rings. The molecule has 0 heterocycles. The van der Waals surface area contributed by atoms with Crippen molar-refractivity contribution >= 4 is 5.78 Å². The first kappa shape index (κ1) is 9.75. The van der Waals surface area contributed by atoms with E-state index in [2.05, 4.69) is 11.8 Å². The van der Waals surface area contributed by atoms with Gasteiger partial charge >= 0.3 is 0 Å². The minimum Gasteiger partial charge on any atom is -0.372 e. The second-order valence-electron chi connectivity index (χ2n) is 4.33. The quantitative estimate of drug-likeness (QED) is 0.686. The van der Waals surface area contributed by atoms with Crippen molar-refractivity contribution in [2.75, 3.05) is 6.54 Å². The summed E-state index contributed by atoms with van der Waals surface area (Å²) in [4.78, 5) is 13.6. The second kappa shape index (κ2) is 4.16. The molecule has 2 aliphatic rings. The van der Waals surface area contributed by atoms with Gasteiger partial charge < -0.3 is 4.90 Å². The summed E-state index contributed by atoms with van der Waals surface area (Å²) in [5, 5.41) is 0. The number of allylic oxidation sites excluding steroid dienone is 2. The van der Waals surface area contributed by atoms with Gasteiger partial charge in [0.1, 0.15) is 0 Å². The highest BCUT2D eigenvalue weighted by Crippen LogP contribution is 2.29. The summed E-state index contributed by atoms with van der Waals surface area (Å²) in [7, 11) is 0. The van der Waals surface area contributed by atoms with Crippen LogP contribution in [0.25, 0.3) is 0 Å². The van der Waals surface area contributed by atoms with Crippen LogP contribution < -0.4 is 0 Å². The predicted octanol–water partition coefficient (Wildman–Crippen LogP) is 2.50. The number of hydrogen-bond acceptors (Lipinski definition) is 2. The molecule has 2 aliphatic carbocycles. The highest BCUT2D eigenvalue weighted by Gasteiger charge is 2.25. The fourth-order valence-corrected chi connectivity index (χ4v) is 2.72. The fraction of sp³-hybridized carbons (Fsp3) is 0.750. The Kier molecular flexibility index (Phi) is 2.90. The molecule has 1 saturated carbocycles. The zero-order valence-corrected chi connectivity index (χ0v) is 8.96. The van der Waals surface area contributed by atoms with Gasteiger partial charge in [-0.05, 0) is 26.2 Å². The van der Waals surface area contributed by atoms with Crippen LogP contribution in [-0.2, 0) is 4.79 Å². The summed E-state index contributed by atoms with van der Waals surface area (Å²) >= 11 is 0. The molecule has 0 unspecified atom stereocenters. The van der Waals surface area contributed by atoms with Crippen molar-refractivity contribution in [3.05, 3.63) is 11.8 Å². The van der Waals surface area contributed by atoms with Crippen molar-refractivity contribution in [3.63, 3.8) is 0 Å². The van der Waals surface area contributed by atoms with E-state index < -0.39 is 0 Å². The van der Waals surface area contributed by atoms with E-state index in [1.165, 1.54) is 31.4 Å². The molecule has 0 saturated heterocycles. The highest BCUT2D eigenvalue weighted by atomic mass is 16.1. The number of hydrogen-bond donors (Lipinski definition) is 0. The average Bonchev–Trinajstić information content (AvgIpc) is 2.79. The molecule has 0 aromatic heterocycles. The van der Waals surface area contributed by atoms with Gasteiger partial charge in [-0.1, -0.05) is 12.8 Å². The molecule has 0 spiro atoms. The van der Waals surface area contributed by atoms with Gasteiger partial charge in [0.25, 0.3) is 0 Å². The van der Waals surface area contributed by atoms with Gasteiger partial charge in [0.2, 0.25) is 0 Å². The number of carbonyl (C=O) groups excluding carboxylic acids is 1. The van der Waals surface area contributed by atoms with Gasteiger partial charge in [-0.2, -0.15) is 0 Å². The number of rotatable bonds is 3. The van der Waals surface area contributed by atoms with Crippen LogP contribution in [0.1, 0.15) is 45.4 Å². The van der Waals surface area contributed by atoms with E-state index in [9.17, 15) is 4.79 Å². The topological polar surface area (TPSA) is 20.3 Å². The molecule has 0 amide bonds. The van der Waals surface area contributed by atoms with Crippen LogP contribution in [0.15, 0.2) is 11.8 Å². The number of nitrogens with zero attached hydrogens (tertiary/aromatic N) is 1. The predicted molar refractivity (Wildman–Crippen MR) is 57.0 cm³/mol. The maximum absolute atomic E-state index is 11.2. The van der Waals surface area contributed by atoms with Gasteiger partial charge in [0, 0.05) is 30.8 Å². The Morgan fingerprint density at radius 1 is 1.36 bits per heavy atom. The third kappa shape index (κ3) is 1.84. The summed E-state index contributed by atoms with van der Waals surface area (Å²) in [6, 6.07) is 0.720. The lowest BCUT2D eigenvalue weighted by atomic mass is 10.2. The Hall–Kier alpha value is -0.790. The molecular weight excluding hydrogens is 174 g/mol. The van der Waals surface area contributed by atoms with E-state index in [0.717, 1.165) is 25.4 Å². The van der Waals surface area contributed by atoms with Crippen molar-refractivity contribution in [3.8, 4) is 0 Å². The molecule has 0 radical (unpaired) electrons. The number of ketones is 1. The van der Waals surface area contributed by atoms with Crippen LogP contribution in [0.4, 0.5) is 0 Å². The maximum atomic E-state index is 11.2. The van der Waals surface area contributed by atoms with Crippen molar-refractivity contribution in [1.82, 2.24) is 4.90 Å². The van der Waals surface area contributed by atoms with Gasteiger partial charge in [-0.25, -0.2) is 0 Å². The third-order valence-corrected chi connectivity index (χ3v) is 3.43. The average molecular weight is 193 g/mol. The zero-order valence-electron chi connectivity index (χ0n) is 8.96. The van der Waals surface area contributed by atoms with Crippen LogP contribution in [0.3, 0.4) is 0 Å². The molecule has 0 atom stereocenters. The Labute approximate surface area is 86.0 Å². The molecule has 2 heteroatoms. The minimum atomic E-state index is 0.316. The van der Waals surface area contributed by atoms with E-state index in [1.807, 2.05) is 6.08 Å². The van der Waals surface area contributed by atoms with Crippen LogP contribution in [0.2, 0.25) is 0 Å². The van der Waals surface area contributed by atoms with Gasteiger partial charge in [0.15, 0.2) is 5.78 Å². The second-order valence-corrected chi connectivity index (χ2v) is 4.33. The Bertz CT molecular complexity index is 251. The van der Waals surface area contributed by atoms with Crippen LogP contribution in [0.5, 0.6) is 0 Å². The Morgan fingerprint density at radius 2 is 2.07 bits per heavy atom. The van der Waals surface area contributed by atoms with E-state index in [0.29, 0.717) is 5.78 Å². The highest BCUT2D eigenvalue weighted by molar-refractivity contribution is 5.92. The molecule has 14 heavy (non-hydrogen) atoms. The van der Waals surface area contributed by atoms with Crippen molar-refractivity contribution in [2.24, 2.45) is 0 Å². The van der Waals surface area contributed by atoms with E-state index in [4.69, 9.17) is 0 Å². The summed E-state index contributed by atoms with van der Waals surface area (Å²) in [5.41, 5.74) is 1.30. The first-order chi connectivity index (χ1) is 6.81.